The summed E-state index contributed by atoms with van der Waals surface area (Å²) in [7, 11) is 0. The van der Waals surface area contributed by atoms with Crippen molar-refractivity contribution in [1.29, 1.82) is 0 Å². The van der Waals surface area contributed by atoms with Gasteiger partial charge in [0.25, 0.3) is 5.69 Å². The molecular formula is C18H22N4O2S. The molecule has 0 N–H and O–H groups in total. The quantitative estimate of drug-likeness (QED) is 0.609. The van der Waals surface area contributed by atoms with Gasteiger partial charge in [-0.05, 0) is 37.7 Å². The van der Waals surface area contributed by atoms with Gasteiger partial charge in [-0.25, -0.2) is 9.97 Å². The van der Waals surface area contributed by atoms with Gasteiger partial charge in [-0.2, -0.15) is 11.8 Å². The molecule has 6 nitrogen and oxygen atoms in total. The van der Waals surface area contributed by atoms with Crippen LogP contribution in [0.2, 0.25) is 0 Å². The molecule has 132 valence electrons. The third-order valence-electron chi connectivity index (χ3n) is 4.45. The average Bonchev–Trinajstić information content (AvgIpc) is 2.85. The van der Waals surface area contributed by atoms with Crippen molar-refractivity contribution in [3.8, 4) is 11.4 Å². The summed E-state index contributed by atoms with van der Waals surface area (Å²) in [5.41, 5.74) is 1.87. The van der Waals surface area contributed by atoms with E-state index in [1.54, 1.807) is 12.1 Å². The number of anilines is 1. The summed E-state index contributed by atoms with van der Waals surface area (Å²) in [5, 5.41) is 10.8. The van der Waals surface area contributed by atoms with Crippen LogP contribution in [0.5, 0.6) is 0 Å². The fourth-order valence-corrected chi connectivity index (χ4v) is 3.95. The number of hydrogen-bond acceptors (Lipinski definition) is 6. The summed E-state index contributed by atoms with van der Waals surface area (Å²) in [6, 6.07) is 8.96. The number of thioether (sulfide) groups is 1. The molecular weight excluding hydrogens is 336 g/mol. The maximum Gasteiger partial charge on any atom is 0.269 e. The summed E-state index contributed by atoms with van der Waals surface area (Å²) < 4.78 is 0. The molecule has 2 heterocycles. The molecule has 1 aromatic heterocycles. The fraction of sp³-hybridized carbons (Fsp3) is 0.444. The molecule has 2 aromatic rings. The zero-order valence-electron chi connectivity index (χ0n) is 14.5. The van der Waals surface area contributed by atoms with Gasteiger partial charge in [0.05, 0.1) is 4.92 Å². The smallest absolute Gasteiger partial charge is 0.269 e. The lowest BCUT2D eigenvalue weighted by Gasteiger charge is -2.28. The van der Waals surface area contributed by atoms with Crippen LogP contribution < -0.4 is 4.90 Å². The standard InChI is InChI=1S/C18H22N4O2S/c1-3-15-12-17(21-9-11-25-10-8-13(21)2)20-18(19-15)14-4-6-16(7-5-14)22(23)24/h4-7,12-13H,3,8-11H2,1-2H3. The third-order valence-corrected chi connectivity index (χ3v) is 5.44. The maximum atomic E-state index is 10.8. The molecule has 1 unspecified atom stereocenters. The zero-order chi connectivity index (χ0) is 17.8. The highest BCUT2D eigenvalue weighted by molar-refractivity contribution is 7.99. The number of hydrogen-bond donors (Lipinski definition) is 0. The van der Waals surface area contributed by atoms with Crippen molar-refractivity contribution in [2.24, 2.45) is 0 Å². The van der Waals surface area contributed by atoms with Gasteiger partial charge in [0, 0.05) is 47.8 Å². The summed E-state index contributed by atoms with van der Waals surface area (Å²) in [6.07, 6.45) is 1.97. The first-order valence-corrected chi connectivity index (χ1v) is 9.71. The predicted molar refractivity (Wildman–Crippen MR) is 102 cm³/mol. The Bertz CT molecular complexity index is 751. The number of nitrogens with zero attached hydrogens (tertiary/aromatic N) is 4. The predicted octanol–water partition coefficient (Wildman–Crippen LogP) is 3.95. The minimum absolute atomic E-state index is 0.0776. The largest absolute Gasteiger partial charge is 0.353 e. The van der Waals surface area contributed by atoms with E-state index in [0.717, 1.165) is 42.2 Å². The summed E-state index contributed by atoms with van der Waals surface area (Å²) in [5.74, 6) is 3.87. The van der Waals surface area contributed by atoms with Gasteiger partial charge in [0.2, 0.25) is 0 Å². The Labute approximate surface area is 151 Å². The Morgan fingerprint density at radius 3 is 2.72 bits per heavy atom. The molecule has 3 rings (SSSR count). The summed E-state index contributed by atoms with van der Waals surface area (Å²) >= 11 is 1.98. The minimum atomic E-state index is -0.394. The van der Waals surface area contributed by atoms with Crippen molar-refractivity contribution in [3.05, 3.63) is 46.1 Å². The van der Waals surface area contributed by atoms with Crippen LogP contribution in [0.25, 0.3) is 11.4 Å². The molecule has 1 fully saturated rings. The molecule has 7 heteroatoms. The number of nitro benzene ring substituents is 1. The molecule has 0 bridgehead atoms. The first kappa shape index (κ1) is 17.7. The van der Waals surface area contributed by atoms with E-state index < -0.39 is 4.92 Å². The third kappa shape index (κ3) is 4.10. The maximum absolute atomic E-state index is 10.8. The van der Waals surface area contributed by atoms with Crippen LogP contribution in [0.15, 0.2) is 30.3 Å². The van der Waals surface area contributed by atoms with Crippen molar-refractivity contribution in [2.75, 3.05) is 23.0 Å². The number of non-ortho nitro benzene ring substituents is 1. The Balaban J connectivity index is 1.98. The second kappa shape index (κ2) is 7.82. The normalized spacial score (nSPS) is 18.0. The van der Waals surface area contributed by atoms with Gasteiger partial charge in [-0.1, -0.05) is 6.92 Å². The SMILES string of the molecule is CCc1cc(N2CCSCCC2C)nc(-c2ccc([N+](=O)[O-])cc2)n1. The van der Waals surface area contributed by atoms with Crippen molar-refractivity contribution in [3.63, 3.8) is 0 Å². The van der Waals surface area contributed by atoms with E-state index in [-0.39, 0.29) is 5.69 Å². The lowest BCUT2D eigenvalue weighted by Crippen LogP contribution is -2.34. The van der Waals surface area contributed by atoms with Crippen LogP contribution >= 0.6 is 11.8 Å². The Morgan fingerprint density at radius 2 is 2.04 bits per heavy atom. The Morgan fingerprint density at radius 1 is 1.28 bits per heavy atom. The van der Waals surface area contributed by atoms with Crippen LogP contribution in [0, 0.1) is 10.1 Å². The van der Waals surface area contributed by atoms with E-state index in [0.29, 0.717) is 11.9 Å². The molecule has 0 aliphatic carbocycles. The number of aryl methyl sites for hydroxylation is 1. The lowest BCUT2D eigenvalue weighted by atomic mass is 10.1. The molecule has 1 saturated heterocycles. The molecule has 1 aliphatic heterocycles. The molecule has 25 heavy (non-hydrogen) atoms. The molecule has 0 spiro atoms. The highest BCUT2D eigenvalue weighted by atomic mass is 32.2. The molecule has 0 saturated carbocycles. The van der Waals surface area contributed by atoms with Crippen molar-refractivity contribution in [2.45, 2.75) is 32.7 Å². The summed E-state index contributed by atoms with van der Waals surface area (Å²) in [6.45, 7) is 5.30. The molecule has 0 radical (unpaired) electrons. The first-order valence-electron chi connectivity index (χ1n) is 8.55. The van der Waals surface area contributed by atoms with E-state index in [1.807, 2.05) is 11.8 Å². The number of benzene rings is 1. The van der Waals surface area contributed by atoms with E-state index in [9.17, 15) is 10.1 Å². The van der Waals surface area contributed by atoms with Gasteiger partial charge in [-0.3, -0.25) is 10.1 Å². The first-order chi connectivity index (χ1) is 12.1. The minimum Gasteiger partial charge on any atom is -0.353 e. The molecule has 1 aliphatic rings. The second-order valence-corrected chi connectivity index (χ2v) is 7.37. The van der Waals surface area contributed by atoms with E-state index >= 15 is 0 Å². The Kier molecular flexibility index (Phi) is 5.53. The Hall–Kier alpha value is -2.15. The van der Waals surface area contributed by atoms with Crippen molar-refractivity contribution < 1.29 is 4.92 Å². The summed E-state index contributed by atoms with van der Waals surface area (Å²) in [4.78, 5) is 22.2. The van der Waals surface area contributed by atoms with Gasteiger partial charge >= 0.3 is 0 Å². The zero-order valence-corrected chi connectivity index (χ0v) is 15.3. The van der Waals surface area contributed by atoms with Crippen LogP contribution in [0.4, 0.5) is 11.5 Å². The second-order valence-electron chi connectivity index (χ2n) is 6.14. The molecule has 1 aromatic carbocycles. The number of aromatic nitrogens is 2. The fourth-order valence-electron chi connectivity index (χ4n) is 2.91. The van der Waals surface area contributed by atoms with E-state index in [1.165, 1.54) is 17.9 Å². The number of rotatable bonds is 4. The highest BCUT2D eigenvalue weighted by Crippen LogP contribution is 2.26. The van der Waals surface area contributed by atoms with E-state index in [4.69, 9.17) is 4.98 Å². The number of nitro groups is 1. The monoisotopic (exact) mass is 358 g/mol. The van der Waals surface area contributed by atoms with Crippen LogP contribution in [-0.2, 0) is 6.42 Å². The molecule has 1 atom stereocenters. The van der Waals surface area contributed by atoms with Crippen LogP contribution in [-0.4, -0.2) is 39.0 Å². The van der Waals surface area contributed by atoms with Gasteiger partial charge < -0.3 is 4.90 Å². The van der Waals surface area contributed by atoms with Crippen LogP contribution in [0.3, 0.4) is 0 Å². The van der Waals surface area contributed by atoms with E-state index in [2.05, 4.69) is 29.8 Å². The van der Waals surface area contributed by atoms with Gasteiger partial charge in [0.15, 0.2) is 5.82 Å². The van der Waals surface area contributed by atoms with Crippen molar-refractivity contribution >= 4 is 23.3 Å². The van der Waals surface area contributed by atoms with Crippen molar-refractivity contribution in [1.82, 2.24) is 9.97 Å². The van der Waals surface area contributed by atoms with Gasteiger partial charge in [0.1, 0.15) is 5.82 Å². The van der Waals surface area contributed by atoms with Crippen LogP contribution in [0.1, 0.15) is 26.0 Å². The van der Waals surface area contributed by atoms with Gasteiger partial charge in [-0.15, -0.1) is 0 Å². The molecule has 0 amide bonds. The topological polar surface area (TPSA) is 72.2 Å². The average molecular weight is 358 g/mol. The highest BCUT2D eigenvalue weighted by Gasteiger charge is 2.20. The lowest BCUT2D eigenvalue weighted by molar-refractivity contribution is -0.384.